The van der Waals surface area contributed by atoms with Gasteiger partial charge in [-0.3, -0.25) is 9.59 Å². The quantitative estimate of drug-likeness (QED) is 0.193. The lowest BCUT2D eigenvalue weighted by Crippen LogP contribution is -2.27. The minimum absolute atomic E-state index is 0.310. The van der Waals surface area contributed by atoms with Crippen LogP contribution in [0.4, 0.5) is 10.5 Å². The van der Waals surface area contributed by atoms with Crippen molar-refractivity contribution in [3.63, 3.8) is 0 Å². The smallest absolute Gasteiger partial charge is 0.298 e. The maximum absolute atomic E-state index is 13.4. The third-order valence-electron chi connectivity index (χ3n) is 6.39. The summed E-state index contributed by atoms with van der Waals surface area (Å²) in [5.41, 5.74) is 6.91. The third-order valence-corrected chi connectivity index (χ3v) is 7.26. The molecule has 2 radical (unpaired) electrons. The number of imide groups is 1. The average molecular weight is 508 g/mol. The van der Waals surface area contributed by atoms with Gasteiger partial charge in [0.1, 0.15) is 7.85 Å². The fraction of sp³-hybridized carbons (Fsp3) is 0. The predicted octanol–water partition coefficient (Wildman–Crippen LogP) is 6.85. The zero-order valence-corrected chi connectivity index (χ0v) is 21.1. The highest BCUT2D eigenvalue weighted by Crippen LogP contribution is 2.40. The Kier molecular flexibility index (Phi) is 6.32. The van der Waals surface area contributed by atoms with Gasteiger partial charge in [-0.2, -0.15) is 0 Å². The Morgan fingerprint density at radius 1 is 0.658 bits per heavy atom. The minimum Gasteiger partial charge on any atom is -0.309 e. The summed E-state index contributed by atoms with van der Waals surface area (Å²) in [6.07, 6.45) is 1.83. The Morgan fingerprint density at radius 3 is 1.87 bits per heavy atom. The number of rotatable bonds is 5. The predicted molar refractivity (Wildman–Crippen MR) is 157 cm³/mol. The molecule has 0 unspecified atom stereocenters. The Balaban J connectivity index is 1.58. The van der Waals surface area contributed by atoms with Crippen molar-refractivity contribution in [2.24, 2.45) is 0 Å². The molecular formula is C32H21BN2O2S. The van der Waals surface area contributed by atoms with Gasteiger partial charge in [0.25, 0.3) is 11.1 Å². The highest BCUT2D eigenvalue weighted by Gasteiger charge is 2.36. The van der Waals surface area contributed by atoms with Crippen LogP contribution in [0.1, 0.15) is 5.56 Å². The molecule has 38 heavy (non-hydrogen) atoms. The summed E-state index contributed by atoms with van der Waals surface area (Å²) in [7, 11) is 6.01. The molecule has 1 aliphatic rings. The van der Waals surface area contributed by atoms with Crippen LogP contribution in [0.3, 0.4) is 0 Å². The molecule has 0 N–H and O–H groups in total. The Hall–Kier alpha value is -4.55. The number of para-hydroxylation sites is 1. The molecule has 6 heteroatoms. The van der Waals surface area contributed by atoms with E-state index in [0.29, 0.717) is 16.1 Å². The lowest BCUT2D eigenvalue weighted by atomic mass is 9.96. The van der Waals surface area contributed by atoms with E-state index >= 15 is 0 Å². The number of carbonyl (C=O) groups excluding carboxylic acids is 2. The topological polar surface area (TPSA) is 42.3 Å². The van der Waals surface area contributed by atoms with Crippen LogP contribution in [-0.2, 0) is 4.79 Å². The van der Waals surface area contributed by atoms with E-state index < -0.39 is 0 Å². The molecule has 0 aliphatic carbocycles. The number of thioether (sulfide) groups is 1. The molecule has 1 saturated heterocycles. The van der Waals surface area contributed by atoms with Gasteiger partial charge in [0.2, 0.25) is 0 Å². The van der Waals surface area contributed by atoms with Crippen molar-refractivity contribution in [1.29, 1.82) is 0 Å². The van der Waals surface area contributed by atoms with Gasteiger partial charge in [0, 0.05) is 11.3 Å². The normalized spacial score (nSPS) is 14.4. The van der Waals surface area contributed by atoms with Gasteiger partial charge in [-0.15, -0.1) is 0 Å². The summed E-state index contributed by atoms with van der Waals surface area (Å²) >= 11 is 0.957. The number of nitrogens with zero attached hydrogens (tertiary/aromatic N) is 2. The Labute approximate surface area is 226 Å². The minimum atomic E-state index is -0.327. The monoisotopic (exact) mass is 508 g/mol. The molecule has 0 saturated carbocycles. The first-order chi connectivity index (χ1) is 18.6. The molecule has 5 aromatic rings. The number of aromatic nitrogens is 1. The maximum atomic E-state index is 13.4. The molecule has 2 amide bonds. The van der Waals surface area contributed by atoms with Crippen LogP contribution >= 0.6 is 11.8 Å². The third kappa shape index (κ3) is 4.40. The van der Waals surface area contributed by atoms with Crippen LogP contribution in [-0.4, -0.2) is 23.6 Å². The molecule has 0 spiro atoms. The molecule has 0 atom stereocenters. The summed E-state index contributed by atoms with van der Waals surface area (Å²) in [4.78, 5) is 27.9. The molecule has 180 valence electrons. The molecule has 2 heterocycles. The maximum Gasteiger partial charge on any atom is 0.298 e. The van der Waals surface area contributed by atoms with Gasteiger partial charge in [-0.1, -0.05) is 96.5 Å². The molecule has 1 aliphatic heterocycles. The van der Waals surface area contributed by atoms with E-state index in [0.717, 1.165) is 45.5 Å². The number of carbonyl (C=O) groups is 2. The first kappa shape index (κ1) is 23.8. The first-order valence-electron chi connectivity index (χ1n) is 12.2. The van der Waals surface area contributed by atoms with Crippen LogP contribution in [0.5, 0.6) is 0 Å². The number of anilines is 1. The number of hydrogen-bond acceptors (Lipinski definition) is 3. The Bertz CT molecular complexity index is 1660. The molecule has 4 aromatic carbocycles. The highest BCUT2D eigenvalue weighted by atomic mass is 32.2. The molecule has 1 aromatic heterocycles. The van der Waals surface area contributed by atoms with Crippen molar-refractivity contribution in [2.45, 2.75) is 0 Å². The van der Waals surface area contributed by atoms with E-state index in [-0.39, 0.29) is 11.1 Å². The Morgan fingerprint density at radius 2 is 1.24 bits per heavy atom. The summed E-state index contributed by atoms with van der Waals surface area (Å²) in [6.45, 7) is 0. The van der Waals surface area contributed by atoms with Crippen LogP contribution in [0.15, 0.2) is 126 Å². The second-order valence-corrected chi connectivity index (χ2v) is 9.84. The van der Waals surface area contributed by atoms with Crippen molar-refractivity contribution < 1.29 is 9.59 Å². The molecule has 1 fully saturated rings. The van der Waals surface area contributed by atoms with E-state index in [1.54, 1.807) is 12.1 Å². The lowest BCUT2D eigenvalue weighted by molar-refractivity contribution is -0.113. The summed E-state index contributed by atoms with van der Waals surface area (Å²) in [5, 5.41) is -0.310. The van der Waals surface area contributed by atoms with Gasteiger partial charge in [-0.05, 0) is 59.3 Å². The van der Waals surface area contributed by atoms with Crippen LogP contribution in [0.25, 0.3) is 34.3 Å². The molecular weight excluding hydrogens is 487 g/mol. The van der Waals surface area contributed by atoms with Crippen molar-refractivity contribution >= 4 is 48.0 Å². The van der Waals surface area contributed by atoms with Crippen LogP contribution in [0.2, 0.25) is 0 Å². The second kappa shape index (κ2) is 10.1. The zero-order valence-electron chi connectivity index (χ0n) is 20.3. The van der Waals surface area contributed by atoms with Gasteiger partial charge in [0.15, 0.2) is 0 Å². The number of amides is 2. The van der Waals surface area contributed by atoms with E-state index in [9.17, 15) is 9.59 Å². The summed E-state index contributed by atoms with van der Waals surface area (Å²) in [5.74, 6) is -0.327. The SMILES string of the molecule is [B]c1ccc(-n2c(-c3ccccc3)cc(C=C3SC(=O)N(c4ccccc4)C3=O)c2-c2ccccc2)cc1. The van der Waals surface area contributed by atoms with E-state index in [1.807, 2.05) is 97.1 Å². The first-order valence-corrected chi connectivity index (χ1v) is 13.0. The van der Waals surface area contributed by atoms with Crippen molar-refractivity contribution in [2.75, 3.05) is 4.90 Å². The van der Waals surface area contributed by atoms with Gasteiger partial charge in [-0.25, -0.2) is 4.90 Å². The van der Waals surface area contributed by atoms with Crippen LogP contribution < -0.4 is 10.4 Å². The molecule has 0 bridgehead atoms. The largest absolute Gasteiger partial charge is 0.309 e. The fourth-order valence-corrected chi connectivity index (χ4v) is 5.49. The summed E-state index contributed by atoms with van der Waals surface area (Å²) in [6, 6.07) is 39.0. The second-order valence-electron chi connectivity index (χ2n) is 8.85. The zero-order chi connectivity index (χ0) is 26.1. The number of hydrogen-bond donors (Lipinski definition) is 0. The van der Waals surface area contributed by atoms with Gasteiger partial charge < -0.3 is 4.57 Å². The van der Waals surface area contributed by atoms with E-state index in [1.165, 1.54) is 4.90 Å². The van der Waals surface area contributed by atoms with Gasteiger partial charge >= 0.3 is 0 Å². The van der Waals surface area contributed by atoms with Crippen molar-refractivity contribution in [1.82, 2.24) is 4.57 Å². The summed E-state index contributed by atoms with van der Waals surface area (Å²) < 4.78 is 2.18. The molecule has 4 nitrogen and oxygen atoms in total. The molecule has 6 rings (SSSR count). The van der Waals surface area contributed by atoms with Crippen molar-refractivity contribution in [3.05, 3.63) is 132 Å². The average Bonchev–Trinajstić information content (AvgIpc) is 3.47. The van der Waals surface area contributed by atoms with Crippen LogP contribution in [0, 0.1) is 0 Å². The van der Waals surface area contributed by atoms with E-state index in [2.05, 4.69) is 22.8 Å². The standard InChI is InChI=1S/C32H21BN2O2S/c33-25-16-18-27(19-17-25)34-28(22-10-4-1-5-11-22)20-24(30(34)23-12-6-2-7-13-23)21-29-31(36)35(32(37)38-29)26-14-8-3-9-15-26/h1-21H. The van der Waals surface area contributed by atoms with Gasteiger partial charge in [0.05, 0.1) is 22.0 Å². The van der Waals surface area contributed by atoms with E-state index in [4.69, 9.17) is 7.85 Å². The fourth-order valence-electron chi connectivity index (χ4n) is 4.65. The van der Waals surface area contributed by atoms with Crippen molar-refractivity contribution in [3.8, 4) is 28.2 Å². The lowest BCUT2D eigenvalue weighted by Gasteiger charge is -2.15. The highest BCUT2D eigenvalue weighted by molar-refractivity contribution is 8.19. The number of benzene rings is 4.